The molecule has 1 unspecified atom stereocenters. The molecule has 1 rings (SSSR count). The molecule has 1 aromatic rings. The van der Waals surface area contributed by atoms with Crippen LogP contribution >= 0.6 is 23.2 Å². The predicted octanol–water partition coefficient (Wildman–Crippen LogP) is 3.90. The van der Waals surface area contributed by atoms with E-state index in [-0.39, 0.29) is 18.1 Å². The summed E-state index contributed by atoms with van der Waals surface area (Å²) < 4.78 is 0. The maximum absolute atomic E-state index is 12.0. The molecule has 0 spiro atoms. The van der Waals surface area contributed by atoms with Crippen LogP contribution in [0, 0.1) is 5.92 Å². The molecule has 100 valence electrons. The quantitative estimate of drug-likeness (QED) is 0.862. The fraction of sp³-hybridized carbons (Fsp3) is 0.500. The van der Waals surface area contributed by atoms with Gasteiger partial charge in [0.25, 0.3) is 0 Å². The van der Waals surface area contributed by atoms with E-state index in [4.69, 9.17) is 23.2 Å². The van der Waals surface area contributed by atoms with Gasteiger partial charge in [0.15, 0.2) is 5.78 Å². The molecule has 0 bridgehead atoms. The number of hydrogen-bond donors (Lipinski definition) is 1. The summed E-state index contributed by atoms with van der Waals surface area (Å²) in [4.78, 5) is 12.0. The SMILES string of the molecule is CCC(CC)C(O)C(=O)Cc1cccc(Cl)c1Cl. The van der Waals surface area contributed by atoms with Crippen molar-refractivity contribution in [3.05, 3.63) is 33.8 Å². The van der Waals surface area contributed by atoms with Crippen molar-refractivity contribution in [2.45, 2.75) is 39.2 Å². The van der Waals surface area contributed by atoms with Crippen LogP contribution < -0.4 is 0 Å². The van der Waals surface area contributed by atoms with Crippen molar-refractivity contribution in [3.63, 3.8) is 0 Å². The van der Waals surface area contributed by atoms with Crippen LogP contribution in [0.1, 0.15) is 32.3 Å². The summed E-state index contributed by atoms with van der Waals surface area (Å²) in [6.45, 7) is 3.94. The van der Waals surface area contributed by atoms with Gasteiger partial charge in [-0.15, -0.1) is 0 Å². The van der Waals surface area contributed by atoms with Gasteiger partial charge in [-0.05, 0) is 17.5 Å². The Morgan fingerprint density at radius 3 is 2.44 bits per heavy atom. The number of aliphatic hydroxyl groups excluding tert-OH is 1. The Bertz CT molecular complexity index is 414. The lowest BCUT2D eigenvalue weighted by Gasteiger charge is -2.19. The molecule has 0 aliphatic rings. The number of carbonyl (C=O) groups excluding carboxylic acids is 1. The van der Waals surface area contributed by atoms with Crippen molar-refractivity contribution >= 4 is 29.0 Å². The number of ketones is 1. The summed E-state index contributed by atoms with van der Waals surface area (Å²) in [5.41, 5.74) is 0.666. The van der Waals surface area contributed by atoms with Gasteiger partial charge in [0, 0.05) is 6.42 Å². The zero-order valence-corrected chi connectivity index (χ0v) is 12.1. The van der Waals surface area contributed by atoms with Crippen LogP contribution in [0.15, 0.2) is 18.2 Å². The molecule has 1 aromatic carbocycles. The molecule has 4 heteroatoms. The Kier molecular flexibility index (Phi) is 6.13. The standard InChI is InChI=1S/C14H18Cl2O2/c1-3-9(4-2)14(18)12(17)8-10-6-5-7-11(15)13(10)16/h5-7,9,14,18H,3-4,8H2,1-2H3. The second-order valence-electron chi connectivity index (χ2n) is 4.38. The Morgan fingerprint density at radius 1 is 1.28 bits per heavy atom. The summed E-state index contributed by atoms with van der Waals surface area (Å²) in [5.74, 6) is -0.191. The maximum atomic E-state index is 12.0. The van der Waals surface area contributed by atoms with Crippen LogP contribution in [0.2, 0.25) is 10.0 Å². The number of benzene rings is 1. The minimum atomic E-state index is -0.921. The molecule has 1 N–H and O–H groups in total. The summed E-state index contributed by atoms with van der Waals surface area (Å²) in [7, 11) is 0. The van der Waals surface area contributed by atoms with Gasteiger partial charge in [0.2, 0.25) is 0 Å². The van der Waals surface area contributed by atoms with E-state index in [9.17, 15) is 9.90 Å². The van der Waals surface area contributed by atoms with Gasteiger partial charge in [0.1, 0.15) is 6.10 Å². The topological polar surface area (TPSA) is 37.3 Å². The molecule has 1 atom stereocenters. The molecule has 0 fully saturated rings. The molecule has 18 heavy (non-hydrogen) atoms. The van der Waals surface area contributed by atoms with Crippen LogP contribution in [-0.4, -0.2) is 17.0 Å². The van der Waals surface area contributed by atoms with Crippen LogP contribution in [0.4, 0.5) is 0 Å². The van der Waals surface area contributed by atoms with E-state index < -0.39 is 6.10 Å². The average Bonchev–Trinajstić information content (AvgIpc) is 2.36. The van der Waals surface area contributed by atoms with Crippen LogP contribution in [-0.2, 0) is 11.2 Å². The van der Waals surface area contributed by atoms with E-state index in [1.54, 1.807) is 18.2 Å². The van der Waals surface area contributed by atoms with Gasteiger partial charge >= 0.3 is 0 Å². The third-order valence-corrected chi connectivity index (χ3v) is 4.08. The molecule has 0 aliphatic carbocycles. The fourth-order valence-electron chi connectivity index (χ4n) is 1.98. The summed E-state index contributed by atoms with van der Waals surface area (Å²) in [5, 5.41) is 10.8. The number of aliphatic hydroxyl groups is 1. The molecular formula is C14H18Cl2O2. The van der Waals surface area contributed by atoms with E-state index >= 15 is 0 Å². The van der Waals surface area contributed by atoms with Crippen LogP contribution in [0.5, 0.6) is 0 Å². The molecule has 0 heterocycles. The normalized spacial score (nSPS) is 12.8. The molecule has 0 aromatic heterocycles. The summed E-state index contributed by atoms with van der Waals surface area (Å²) >= 11 is 11.9. The van der Waals surface area contributed by atoms with Crippen molar-refractivity contribution in [3.8, 4) is 0 Å². The van der Waals surface area contributed by atoms with Gasteiger partial charge in [0.05, 0.1) is 10.0 Å². The highest BCUT2D eigenvalue weighted by atomic mass is 35.5. The zero-order chi connectivity index (χ0) is 13.7. The molecular weight excluding hydrogens is 271 g/mol. The fourth-order valence-corrected chi connectivity index (χ4v) is 2.36. The van der Waals surface area contributed by atoms with Gasteiger partial charge in [-0.2, -0.15) is 0 Å². The van der Waals surface area contributed by atoms with Crippen molar-refractivity contribution in [1.82, 2.24) is 0 Å². The number of halogens is 2. The van der Waals surface area contributed by atoms with E-state index in [2.05, 4.69) is 0 Å². The lowest BCUT2D eigenvalue weighted by atomic mass is 9.91. The molecule has 0 radical (unpaired) electrons. The zero-order valence-electron chi connectivity index (χ0n) is 10.6. The van der Waals surface area contributed by atoms with E-state index in [0.717, 1.165) is 12.8 Å². The van der Waals surface area contributed by atoms with E-state index in [1.165, 1.54) is 0 Å². The van der Waals surface area contributed by atoms with Gasteiger partial charge in [-0.3, -0.25) is 4.79 Å². The van der Waals surface area contributed by atoms with Crippen molar-refractivity contribution in [1.29, 1.82) is 0 Å². The highest BCUT2D eigenvalue weighted by Crippen LogP contribution is 2.26. The van der Waals surface area contributed by atoms with Crippen molar-refractivity contribution < 1.29 is 9.90 Å². The Labute approximate surface area is 118 Å². The molecule has 0 amide bonds. The Hall–Kier alpha value is -0.570. The minimum absolute atomic E-state index is 0.00968. The van der Waals surface area contributed by atoms with Crippen LogP contribution in [0.25, 0.3) is 0 Å². The summed E-state index contributed by atoms with van der Waals surface area (Å²) in [6, 6.07) is 5.18. The number of hydrogen-bond acceptors (Lipinski definition) is 2. The molecule has 0 saturated heterocycles. The molecule has 2 nitrogen and oxygen atoms in total. The van der Waals surface area contributed by atoms with Crippen molar-refractivity contribution in [2.24, 2.45) is 5.92 Å². The van der Waals surface area contributed by atoms with Crippen LogP contribution in [0.3, 0.4) is 0 Å². The largest absolute Gasteiger partial charge is 0.385 e. The molecule has 0 aliphatic heterocycles. The smallest absolute Gasteiger partial charge is 0.165 e. The monoisotopic (exact) mass is 288 g/mol. The first-order chi connectivity index (χ1) is 8.51. The Morgan fingerprint density at radius 2 is 1.89 bits per heavy atom. The maximum Gasteiger partial charge on any atom is 0.165 e. The van der Waals surface area contributed by atoms with Gasteiger partial charge in [-0.25, -0.2) is 0 Å². The third kappa shape index (κ3) is 3.71. The predicted molar refractivity (Wildman–Crippen MR) is 75.3 cm³/mol. The van der Waals surface area contributed by atoms with E-state index in [1.807, 2.05) is 13.8 Å². The highest BCUT2D eigenvalue weighted by molar-refractivity contribution is 6.42. The first-order valence-electron chi connectivity index (χ1n) is 6.14. The Balaban J connectivity index is 2.78. The average molecular weight is 289 g/mol. The lowest BCUT2D eigenvalue weighted by molar-refractivity contribution is -0.129. The van der Waals surface area contributed by atoms with Crippen molar-refractivity contribution in [2.75, 3.05) is 0 Å². The second kappa shape index (κ2) is 7.13. The number of Topliss-reactive ketones (excluding diaryl/α,β-unsaturated/α-hetero) is 1. The number of rotatable bonds is 6. The van der Waals surface area contributed by atoms with Gasteiger partial charge < -0.3 is 5.11 Å². The van der Waals surface area contributed by atoms with Gasteiger partial charge in [-0.1, -0.05) is 62.0 Å². The lowest BCUT2D eigenvalue weighted by Crippen LogP contribution is -2.30. The highest BCUT2D eigenvalue weighted by Gasteiger charge is 2.23. The molecule has 0 saturated carbocycles. The van der Waals surface area contributed by atoms with E-state index in [0.29, 0.717) is 15.6 Å². The first kappa shape index (κ1) is 15.5. The first-order valence-corrected chi connectivity index (χ1v) is 6.90. The summed E-state index contributed by atoms with van der Waals surface area (Å²) in [6.07, 6.45) is 0.770. The second-order valence-corrected chi connectivity index (χ2v) is 5.16. The number of carbonyl (C=O) groups is 1. The minimum Gasteiger partial charge on any atom is -0.385 e. The third-order valence-electron chi connectivity index (χ3n) is 3.22.